The van der Waals surface area contributed by atoms with E-state index in [0.29, 0.717) is 24.5 Å². The van der Waals surface area contributed by atoms with E-state index in [1.54, 1.807) is 12.4 Å². The molecule has 33 heavy (non-hydrogen) atoms. The fourth-order valence-corrected chi connectivity index (χ4v) is 3.75. The lowest BCUT2D eigenvalue weighted by atomic mass is 10.1. The number of fused-ring (bicyclic) bond motifs is 1. The molecule has 0 saturated carbocycles. The van der Waals surface area contributed by atoms with Gasteiger partial charge in [-0.2, -0.15) is 10.2 Å². The highest BCUT2D eigenvalue weighted by Gasteiger charge is 2.27. The number of anilines is 1. The van der Waals surface area contributed by atoms with Crippen molar-refractivity contribution >= 4 is 17.9 Å². The van der Waals surface area contributed by atoms with Crippen molar-refractivity contribution in [3.05, 3.63) is 113 Å². The van der Waals surface area contributed by atoms with Gasteiger partial charge in [0.2, 0.25) is 0 Å². The molecule has 1 atom stereocenters. The SMILES string of the molecule is O=C(N/N=C/c1cccc(OCc2ccccc2)c1)c1cnn2c1NC(c1ccccc1)C2. The average Bonchev–Trinajstić information content (AvgIpc) is 3.45. The predicted octanol–water partition coefficient (Wildman–Crippen LogP) is 4.39. The Labute approximate surface area is 191 Å². The Morgan fingerprint density at radius 3 is 2.70 bits per heavy atom. The summed E-state index contributed by atoms with van der Waals surface area (Å²) in [6, 6.07) is 27.7. The number of carbonyl (C=O) groups excluding carboxylic acids is 1. The Hall–Kier alpha value is -4.39. The maximum Gasteiger partial charge on any atom is 0.276 e. The summed E-state index contributed by atoms with van der Waals surface area (Å²) in [5.41, 5.74) is 6.13. The monoisotopic (exact) mass is 437 g/mol. The molecule has 7 heteroatoms. The van der Waals surface area contributed by atoms with Crippen LogP contribution in [0.2, 0.25) is 0 Å². The molecule has 0 bridgehead atoms. The number of hydrogen-bond donors (Lipinski definition) is 2. The van der Waals surface area contributed by atoms with Crippen LogP contribution in [0.1, 0.15) is 33.1 Å². The molecule has 0 radical (unpaired) electrons. The molecule has 7 nitrogen and oxygen atoms in total. The van der Waals surface area contributed by atoms with Gasteiger partial charge in [0.05, 0.1) is 25.0 Å². The minimum absolute atomic E-state index is 0.0866. The summed E-state index contributed by atoms with van der Waals surface area (Å²) in [6.07, 6.45) is 3.16. The van der Waals surface area contributed by atoms with Gasteiger partial charge in [0.15, 0.2) is 0 Å². The molecule has 0 aliphatic carbocycles. The van der Waals surface area contributed by atoms with Crippen LogP contribution in [0.15, 0.2) is 96.2 Å². The molecule has 1 aliphatic rings. The number of rotatable bonds is 7. The molecule has 1 unspecified atom stereocenters. The van der Waals surface area contributed by atoms with Gasteiger partial charge in [0.25, 0.3) is 5.91 Å². The van der Waals surface area contributed by atoms with Crippen LogP contribution in [0, 0.1) is 0 Å². The molecule has 1 amide bonds. The third-order valence-corrected chi connectivity index (χ3v) is 5.44. The minimum Gasteiger partial charge on any atom is -0.489 e. The second-order valence-corrected chi connectivity index (χ2v) is 7.74. The number of benzene rings is 3. The zero-order valence-electron chi connectivity index (χ0n) is 17.9. The number of nitrogens with zero attached hydrogens (tertiary/aromatic N) is 3. The van der Waals surface area contributed by atoms with E-state index in [0.717, 1.165) is 22.4 Å². The summed E-state index contributed by atoms with van der Waals surface area (Å²) in [4.78, 5) is 12.7. The van der Waals surface area contributed by atoms with Gasteiger partial charge in [0.1, 0.15) is 23.7 Å². The second kappa shape index (κ2) is 9.40. The smallest absolute Gasteiger partial charge is 0.276 e. The number of hydrogen-bond acceptors (Lipinski definition) is 5. The molecule has 5 rings (SSSR count). The van der Waals surface area contributed by atoms with Crippen molar-refractivity contribution in [2.24, 2.45) is 5.10 Å². The Bertz CT molecular complexity index is 1270. The van der Waals surface area contributed by atoms with E-state index in [1.165, 1.54) is 0 Å². The Balaban J connectivity index is 1.19. The van der Waals surface area contributed by atoms with Crippen LogP contribution >= 0.6 is 0 Å². The maximum atomic E-state index is 12.7. The van der Waals surface area contributed by atoms with Crippen molar-refractivity contribution in [1.29, 1.82) is 0 Å². The maximum absolute atomic E-state index is 12.7. The summed E-state index contributed by atoms with van der Waals surface area (Å²) in [6.45, 7) is 1.16. The molecule has 0 fully saturated rings. The van der Waals surface area contributed by atoms with E-state index in [-0.39, 0.29) is 11.9 Å². The molecule has 2 N–H and O–H groups in total. The first-order valence-electron chi connectivity index (χ1n) is 10.7. The summed E-state index contributed by atoms with van der Waals surface area (Å²) in [5.74, 6) is 1.12. The minimum atomic E-state index is -0.315. The van der Waals surface area contributed by atoms with Gasteiger partial charge < -0.3 is 10.1 Å². The number of hydrazone groups is 1. The molecule has 2 heterocycles. The van der Waals surface area contributed by atoms with E-state index >= 15 is 0 Å². The standard InChI is InChI=1S/C26H23N5O2/c32-26(23-16-28-31-17-24(29-25(23)31)21-11-5-2-6-12-21)30-27-15-20-10-7-13-22(14-20)33-18-19-8-3-1-4-9-19/h1-16,24,29H,17-18H2,(H,30,32)/b27-15+. The zero-order chi connectivity index (χ0) is 22.5. The third-order valence-electron chi connectivity index (χ3n) is 5.44. The molecule has 3 aromatic carbocycles. The highest BCUT2D eigenvalue weighted by molar-refractivity contribution is 5.99. The van der Waals surface area contributed by atoms with Crippen molar-refractivity contribution in [3.63, 3.8) is 0 Å². The molecule has 164 valence electrons. The van der Waals surface area contributed by atoms with E-state index in [2.05, 4.69) is 33.1 Å². The van der Waals surface area contributed by atoms with Gasteiger partial charge in [0, 0.05) is 0 Å². The van der Waals surface area contributed by atoms with E-state index < -0.39 is 0 Å². The topological polar surface area (TPSA) is 80.5 Å². The number of amides is 1. The van der Waals surface area contributed by atoms with Crippen molar-refractivity contribution in [2.45, 2.75) is 19.2 Å². The first kappa shape index (κ1) is 20.5. The van der Waals surface area contributed by atoms with Crippen LogP contribution in [0.25, 0.3) is 0 Å². The number of ether oxygens (including phenoxy) is 1. The Kier molecular flexibility index (Phi) is 5.84. The number of aromatic nitrogens is 2. The lowest BCUT2D eigenvalue weighted by molar-refractivity contribution is 0.0956. The van der Waals surface area contributed by atoms with Gasteiger partial charge in [-0.15, -0.1) is 0 Å². The molecule has 4 aromatic rings. The van der Waals surface area contributed by atoms with Crippen LogP contribution in [-0.2, 0) is 13.2 Å². The first-order chi connectivity index (χ1) is 16.3. The fourth-order valence-electron chi connectivity index (χ4n) is 3.75. The number of nitrogens with one attached hydrogen (secondary N) is 2. The average molecular weight is 438 g/mol. The summed E-state index contributed by atoms with van der Waals surface area (Å²) < 4.78 is 7.66. The zero-order valence-corrected chi connectivity index (χ0v) is 17.9. The Morgan fingerprint density at radius 1 is 1.09 bits per heavy atom. The van der Waals surface area contributed by atoms with Crippen molar-refractivity contribution in [1.82, 2.24) is 15.2 Å². The van der Waals surface area contributed by atoms with Crippen LogP contribution < -0.4 is 15.5 Å². The van der Waals surface area contributed by atoms with Gasteiger partial charge >= 0.3 is 0 Å². The van der Waals surface area contributed by atoms with E-state index in [9.17, 15) is 4.79 Å². The van der Waals surface area contributed by atoms with Crippen molar-refractivity contribution < 1.29 is 9.53 Å². The van der Waals surface area contributed by atoms with E-state index in [4.69, 9.17) is 4.74 Å². The highest BCUT2D eigenvalue weighted by Crippen LogP contribution is 2.30. The van der Waals surface area contributed by atoms with Gasteiger partial charge in [-0.25, -0.2) is 10.1 Å². The largest absolute Gasteiger partial charge is 0.489 e. The third kappa shape index (κ3) is 4.77. The molecular weight excluding hydrogens is 414 g/mol. The van der Waals surface area contributed by atoms with Crippen molar-refractivity contribution in [2.75, 3.05) is 5.32 Å². The van der Waals surface area contributed by atoms with Crippen LogP contribution in [0.5, 0.6) is 5.75 Å². The lowest BCUT2D eigenvalue weighted by Crippen LogP contribution is -2.18. The van der Waals surface area contributed by atoms with Gasteiger partial charge in [-0.3, -0.25) is 4.79 Å². The second-order valence-electron chi connectivity index (χ2n) is 7.74. The number of carbonyl (C=O) groups is 1. The van der Waals surface area contributed by atoms with Crippen LogP contribution in [-0.4, -0.2) is 21.9 Å². The highest BCUT2D eigenvalue weighted by atomic mass is 16.5. The molecule has 0 saturated heterocycles. The summed E-state index contributed by atoms with van der Waals surface area (Å²) >= 11 is 0. The molecule has 0 spiro atoms. The predicted molar refractivity (Wildman–Crippen MR) is 127 cm³/mol. The summed E-state index contributed by atoms with van der Waals surface area (Å²) in [7, 11) is 0. The van der Waals surface area contributed by atoms with Gasteiger partial charge in [-0.05, 0) is 28.8 Å². The van der Waals surface area contributed by atoms with Gasteiger partial charge in [-0.1, -0.05) is 72.8 Å². The van der Waals surface area contributed by atoms with Crippen LogP contribution in [0.4, 0.5) is 5.82 Å². The fraction of sp³-hybridized carbons (Fsp3) is 0.115. The first-order valence-corrected chi connectivity index (χ1v) is 10.7. The quantitative estimate of drug-likeness (QED) is 0.332. The van der Waals surface area contributed by atoms with Crippen molar-refractivity contribution in [3.8, 4) is 5.75 Å². The summed E-state index contributed by atoms with van der Waals surface area (Å²) in [5, 5.41) is 11.9. The Morgan fingerprint density at radius 2 is 1.88 bits per heavy atom. The normalized spacial score (nSPS) is 14.6. The molecular formula is C26H23N5O2. The van der Waals surface area contributed by atoms with Crippen LogP contribution in [0.3, 0.4) is 0 Å². The lowest BCUT2D eigenvalue weighted by Gasteiger charge is -2.10. The molecule has 1 aliphatic heterocycles. The van der Waals surface area contributed by atoms with E-state index in [1.807, 2.05) is 77.5 Å². The molecule has 1 aromatic heterocycles.